The van der Waals surface area contributed by atoms with Gasteiger partial charge in [-0.2, -0.15) is 0 Å². The summed E-state index contributed by atoms with van der Waals surface area (Å²) in [5.74, 6) is -0.176. The number of nitrogens with one attached hydrogen (secondary N) is 2. The highest BCUT2D eigenvalue weighted by Gasteiger charge is 2.20. The second-order valence-electron chi connectivity index (χ2n) is 5.47. The molecule has 2 N–H and O–H groups in total. The molecule has 0 saturated heterocycles. The van der Waals surface area contributed by atoms with E-state index in [0.717, 1.165) is 17.0 Å². The molecule has 0 spiro atoms. The number of hydrogen-bond acceptors (Lipinski definition) is 4. The van der Waals surface area contributed by atoms with Crippen molar-refractivity contribution in [2.75, 3.05) is 12.4 Å². The standard InChI is InChI=1S/C16H20N2O3S/c1-9(2)13-8-12(15(19)21-4)14(22-13)18-16(20)17-11-6-5-10(3)7-11/h6-9H,5H2,1-4H3,(H2,17,18,20). The molecule has 0 aliphatic heterocycles. The Morgan fingerprint density at radius 1 is 1.32 bits per heavy atom. The van der Waals surface area contributed by atoms with Gasteiger partial charge in [0, 0.05) is 10.6 Å². The highest BCUT2D eigenvalue weighted by molar-refractivity contribution is 7.16. The number of thiophene rings is 1. The van der Waals surface area contributed by atoms with Crippen LogP contribution >= 0.6 is 11.3 Å². The lowest BCUT2D eigenvalue weighted by Crippen LogP contribution is -2.27. The van der Waals surface area contributed by atoms with Gasteiger partial charge in [0.15, 0.2) is 0 Å². The van der Waals surface area contributed by atoms with Gasteiger partial charge in [0.1, 0.15) is 5.00 Å². The molecule has 22 heavy (non-hydrogen) atoms. The summed E-state index contributed by atoms with van der Waals surface area (Å²) < 4.78 is 4.77. The molecule has 118 valence electrons. The van der Waals surface area contributed by atoms with E-state index in [1.807, 2.05) is 32.9 Å². The molecule has 0 bridgehead atoms. The van der Waals surface area contributed by atoms with Crippen LogP contribution in [0.5, 0.6) is 0 Å². The number of esters is 1. The average molecular weight is 320 g/mol. The van der Waals surface area contributed by atoms with Gasteiger partial charge in [0.2, 0.25) is 0 Å². The zero-order valence-corrected chi connectivity index (χ0v) is 14.0. The van der Waals surface area contributed by atoms with Crippen molar-refractivity contribution in [2.24, 2.45) is 0 Å². The Labute approximate surface area is 134 Å². The Hall–Kier alpha value is -2.08. The number of urea groups is 1. The molecular weight excluding hydrogens is 300 g/mol. The van der Waals surface area contributed by atoms with Crippen LogP contribution in [0.25, 0.3) is 0 Å². The van der Waals surface area contributed by atoms with E-state index in [0.29, 0.717) is 10.6 Å². The molecule has 0 aromatic carbocycles. The van der Waals surface area contributed by atoms with Crippen molar-refractivity contribution in [3.8, 4) is 0 Å². The summed E-state index contributed by atoms with van der Waals surface area (Å²) in [6.45, 7) is 6.08. The fraction of sp³-hybridized carbons (Fsp3) is 0.375. The molecule has 0 unspecified atom stereocenters. The molecule has 0 fully saturated rings. The third kappa shape index (κ3) is 3.76. The summed E-state index contributed by atoms with van der Waals surface area (Å²) >= 11 is 1.39. The number of ether oxygens (including phenoxy) is 1. The minimum absolute atomic E-state index is 0.273. The van der Waals surface area contributed by atoms with E-state index in [1.165, 1.54) is 24.0 Å². The third-order valence-corrected chi connectivity index (χ3v) is 4.61. The van der Waals surface area contributed by atoms with Crippen molar-refractivity contribution < 1.29 is 14.3 Å². The third-order valence-electron chi connectivity index (χ3n) is 3.26. The van der Waals surface area contributed by atoms with Crippen molar-refractivity contribution >= 4 is 28.3 Å². The Balaban J connectivity index is 2.14. The maximum atomic E-state index is 12.1. The topological polar surface area (TPSA) is 67.4 Å². The molecule has 6 heteroatoms. The van der Waals surface area contributed by atoms with Gasteiger partial charge in [-0.3, -0.25) is 5.32 Å². The smallest absolute Gasteiger partial charge is 0.340 e. The molecule has 1 aliphatic rings. The summed E-state index contributed by atoms with van der Waals surface area (Å²) in [6, 6.07) is 1.41. The molecule has 1 heterocycles. The van der Waals surface area contributed by atoms with Gasteiger partial charge in [0.25, 0.3) is 0 Å². The Bertz CT molecular complexity index is 656. The molecule has 2 rings (SSSR count). The quantitative estimate of drug-likeness (QED) is 0.824. The average Bonchev–Trinajstić information content (AvgIpc) is 3.04. The molecule has 1 aromatic heterocycles. The summed E-state index contributed by atoms with van der Waals surface area (Å²) in [5, 5.41) is 6.02. The number of methoxy groups -OCH3 is 1. The van der Waals surface area contributed by atoms with Crippen LogP contribution in [-0.4, -0.2) is 19.1 Å². The van der Waals surface area contributed by atoms with Gasteiger partial charge in [-0.15, -0.1) is 11.3 Å². The van der Waals surface area contributed by atoms with Crippen LogP contribution in [0, 0.1) is 0 Å². The van der Waals surface area contributed by atoms with Crippen molar-refractivity contribution in [2.45, 2.75) is 33.1 Å². The van der Waals surface area contributed by atoms with Crippen molar-refractivity contribution in [3.05, 3.63) is 39.9 Å². The second kappa shape index (κ2) is 6.79. The highest BCUT2D eigenvalue weighted by Crippen LogP contribution is 2.33. The van der Waals surface area contributed by atoms with Crippen LogP contribution < -0.4 is 10.6 Å². The first-order valence-electron chi connectivity index (χ1n) is 7.08. The molecule has 0 radical (unpaired) electrons. The fourth-order valence-electron chi connectivity index (χ4n) is 2.06. The number of carbonyl (C=O) groups excluding carboxylic acids is 2. The molecule has 1 aliphatic carbocycles. The Morgan fingerprint density at radius 3 is 2.59 bits per heavy atom. The largest absolute Gasteiger partial charge is 0.465 e. The van der Waals surface area contributed by atoms with Crippen LogP contribution in [0.3, 0.4) is 0 Å². The molecule has 0 atom stereocenters. The summed E-state index contributed by atoms with van der Waals surface area (Å²) in [6.07, 6.45) is 4.72. The second-order valence-corrected chi connectivity index (χ2v) is 6.56. The van der Waals surface area contributed by atoms with Crippen molar-refractivity contribution in [3.63, 3.8) is 0 Å². The van der Waals surface area contributed by atoms with Gasteiger partial charge < -0.3 is 10.1 Å². The van der Waals surface area contributed by atoms with Gasteiger partial charge >= 0.3 is 12.0 Å². The lowest BCUT2D eigenvalue weighted by atomic mass is 10.1. The number of allylic oxidation sites excluding steroid dienone is 3. The fourth-order valence-corrected chi connectivity index (χ4v) is 3.10. The van der Waals surface area contributed by atoms with E-state index in [4.69, 9.17) is 4.74 Å². The Kier molecular flexibility index (Phi) is 5.03. The maximum Gasteiger partial charge on any atom is 0.340 e. The lowest BCUT2D eigenvalue weighted by Gasteiger charge is -2.07. The van der Waals surface area contributed by atoms with Crippen LogP contribution in [0.4, 0.5) is 9.80 Å². The van der Waals surface area contributed by atoms with E-state index in [9.17, 15) is 9.59 Å². The first kappa shape index (κ1) is 16.3. The van der Waals surface area contributed by atoms with E-state index in [2.05, 4.69) is 10.6 Å². The van der Waals surface area contributed by atoms with E-state index >= 15 is 0 Å². The summed E-state index contributed by atoms with van der Waals surface area (Å²) in [5.41, 5.74) is 2.36. The molecule has 1 aromatic rings. The summed E-state index contributed by atoms with van der Waals surface area (Å²) in [4.78, 5) is 24.9. The first-order valence-corrected chi connectivity index (χ1v) is 7.89. The monoisotopic (exact) mass is 320 g/mol. The van der Waals surface area contributed by atoms with E-state index < -0.39 is 5.97 Å². The molecule has 5 nitrogen and oxygen atoms in total. The van der Waals surface area contributed by atoms with E-state index in [1.54, 1.807) is 6.07 Å². The molecule has 2 amide bonds. The highest BCUT2D eigenvalue weighted by atomic mass is 32.1. The van der Waals surface area contributed by atoms with Crippen LogP contribution in [0.1, 0.15) is 48.3 Å². The van der Waals surface area contributed by atoms with Gasteiger partial charge in [-0.1, -0.05) is 25.5 Å². The van der Waals surface area contributed by atoms with Gasteiger partial charge in [-0.05, 0) is 31.4 Å². The van der Waals surface area contributed by atoms with Crippen LogP contribution in [-0.2, 0) is 4.74 Å². The van der Waals surface area contributed by atoms with Crippen molar-refractivity contribution in [1.82, 2.24) is 5.32 Å². The SMILES string of the molecule is COC(=O)c1cc(C(C)C)sc1NC(=O)NC1=CCC(C)=C1. The first-order chi connectivity index (χ1) is 10.4. The number of rotatable bonds is 4. The van der Waals surface area contributed by atoms with Gasteiger partial charge in [0.05, 0.1) is 12.7 Å². The summed E-state index contributed by atoms with van der Waals surface area (Å²) in [7, 11) is 1.33. The predicted molar refractivity (Wildman–Crippen MR) is 88.4 cm³/mol. The minimum Gasteiger partial charge on any atom is -0.465 e. The number of amides is 2. The number of carbonyl (C=O) groups is 2. The van der Waals surface area contributed by atoms with Crippen LogP contribution in [0.15, 0.2) is 29.5 Å². The van der Waals surface area contributed by atoms with Gasteiger partial charge in [-0.25, -0.2) is 9.59 Å². The van der Waals surface area contributed by atoms with Crippen molar-refractivity contribution in [1.29, 1.82) is 0 Å². The number of hydrogen-bond donors (Lipinski definition) is 2. The maximum absolute atomic E-state index is 12.1. The lowest BCUT2D eigenvalue weighted by molar-refractivity contribution is 0.0602. The molecular formula is C16H20N2O3S. The normalized spacial score (nSPS) is 13.7. The zero-order valence-electron chi connectivity index (χ0n) is 13.1. The van der Waals surface area contributed by atoms with E-state index in [-0.39, 0.29) is 11.9 Å². The minimum atomic E-state index is -0.450. The zero-order chi connectivity index (χ0) is 16.3. The Morgan fingerprint density at radius 2 is 2.05 bits per heavy atom. The number of anilines is 1. The van der Waals surface area contributed by atoms with Crippen LogP contribution in [0.2, 0.25) is 0 Å². The molecule has 0 saturated carbocycles. The predicted octanol–water partition coefficient (Wildman–Crippen LogP) is 4.01.